The quantitative estimate of drug-likeness (QED) is 0.269. The fourth-order valence-corrected chi connectivity index (χ4v) is 3.81. The number of benzene rings is 4. The van der Waals surface area contributed by atoms with E-state index in [0.29, 0.717) is 0 Å². The van der Waals surface area contributed by atoms with Gasteiger partial charge >= 0.3 is 26.2 Å². The second kappa shape index (κ2) is 12.8. The normalized spacial score (nSPS) is 9.48. The van der Waals surface area contributed by atoms with Crippen LogP contribution in [-0.2, 0) is 26.2 Å². The van der Waals surface area contributed by atoms with Crippen molar-refractivity contribution in [3.05, 3.63) is 109 Å². The van der Waals surface area contributed by atoms with Crippen LogP contribution in [0.2, 0.25) is 0 Å². The van der Waals surface area contributed by atoms with E-state index in [4.69, 9.17) is 0 Å². The van der Waals surface area contributed by atoms with Crippen molar-refractivity contribution < 1.29 is 51.0 Å². The molecule has 0 aliphatic rings. The number of halogens is 2. The van der Waals surface area contributed by atoms with Crippen molar-refractivity contribution >= 4 is 43.1 Å². The van der Waals surface area contributed by atoms with Crippen molar-refractivity contribution in [2.45, 2.75) is 13.8 Å². The molecular weight excluding hydrogens is 498 g/mol. The van der Waals surface area contributed by atoms with Gasteiger partial charge in [-0.15, -0.1) is 79.5 Å². The molecule has 154 valence electrons. The maximum atomic E-state index is 2.24. The Balaban J connectivity index is 0.000000264. The zero-order chi connectivity index (χ0) is 19.3. The molecule has 0 aliphatic heterocycles. The Kier molecular flexibility index (Phi) is 11.2. The fraction of sp³-hybridized carbons (Fsp3) is 0.0714. The molecule has 0 amide bonds. The van der Waals surface area contributed by atoms with Gasteiger partial charge in [0, 0.05) is 0 Å². The van der Waals surface area contributed by atoms with Crippen molar-refractivity contribution in [1.82, 2.24) is 0 Å². The van der Waals surface area contributed by atoms with E-state index in [1.54, 1.807) is 0 Å². The topological polar surface area (TPSA) is 0 Å². The molecule has 0 unspecified atom stereocenters. The summed E-state index contributed by atoms with van der Waals surface area (Å²) >= 11 is 0. The molecule has 0 fully saturated rings. The zero-order valence-corrected chi connectivity index (χ0v) is 21.6. The average molecular weight is 523 g/mol. The molecule has 0 nitrogen and oxygen atoms in total. The van der Waals surface area contributed by atoms with Gasteiger partial charge in [0.1, 0.15) is 0 Å². The largest absolute Gasteiger partial charge is 4.00 e. The van der Waals surface area contributed by atoms with Crippen LogP contribution in [0, 0.1) is 0 Å². The first kappa shape index (κ1) is 27.1. The van der Waals surface area contributed by atoms with Gasteiger partial charge in [0.05, 0.1) is 0 Å². The van der Waals surface area contributed by atoms with Gasteiger partial charge in [-0.05, 0) is 0 Å². The summed E-state index contributed by atoms with van der Waals surface area (Å²) in [6.07, 6.45) is 0. The van der Waals surface area contributed by atoms with Crippen LogP contribution in [0.4, 0.5) is 0 Å². The number of hydrogen-bond donors (Lipinski definition) is 0. The number of fused-ring (bicyclic) bond motifs is 6. The van der Waals surface area contributed by atoms with Crippen LogP contribution in [0.3, 0.4) is 0 Å². The summed E-state index contributed by atoms with van der Waals surface area (Å²) < 4.78 is 0. The molecule has 0 atom stereocenters. The first-order valence-corrected chi connectivity index (χ1v) is 9.96. The van der Waals surface area contributed by atoms with Crippen molar-refractivity contribution in [2.75, 3.05) is 0 Å². The van der Waals surface area contributed by atoms with Crippen LogP contribution in [0.1, 0.15) is 13.8 Å². The summed E-state index contributed by atoms with van der Waals surface area (Å²) in [7, 11) is 0. The van der Waals surface area contributed by atoms with Gasteiger partial charge in [-0.2, -0.15) is 0 Å². The molecule has 0 saturated carbocycles. The number of rotatable bonds is 0. The molecule has 0 aliphatic carbocycles. The predicted molar refractivity (Wildman–Crippen MR) is 125 cm³/mol. The van der Waals surface area contributed by atoms with Crippen LogP contribution < -0.4 is 24.8 Å². The molecule has 0 bridgehead atoms. The van der Waals surface area contributed by atoms with Gasteiger partial charge in [0.25, 0.3) is 0 Å². The second-order valence-electron chi connectivity index (χ2n) is 6.64. The van der Waals surface area contributed by atoms with Crippen molar-refractivity contribution in [3.63, 3.8) is 0 Å². The fourth-order valence-electron chi connectivity index (χ4n) is 3.81. The second-order valence-corrected chi connectivity index (χ2v) is 6.64. The van der Waals surface area contributed by atoms with Crippen molar-refractivity contribution in [1.29, 1.82) is 0 Å². The standard InChI is InChI=1S/2C13H9.C2H6.2ClH.Zr/c2*1-3-7-12-10(5-1)9-11-6-2-4-8-13(11)12;1-2;;;/h2*1-9H;1-2H3;2*1H;/q2*-1;;;;+4/p-2. The van der Waals surface area contributed by atoms with E-state index < -0.39 is 0 Å². The minimum atomic E-state index is 0. The monoisotopic (exact) mass is 520 g/mol. The Hall–Kier alpha value is -1.92. The third-order valence-electron chi connectivity index (χ3n) is 5.05. The summed E-state index contributed by atoms with van der Waals surface area (Å²) in [5, 5.41) is 10.8. The first-order chi connectivity index (χ1) is 13.9. The van der Waals surface area contributed by atoms with E-state index in [9.17, 15) is 0 Å². The molecule has 31 heavy (non-hydrogen) atoms. The molecule has 6 aromatic rings. The Labute approximate surface area is 215 Å². The van der Waals surface area contributed by atoms with Gasteiger partial charge in [-0.3, -0.25) is 0 Å². The molecule has 3 heteroatoms. The maximum absolute atomic E-state index is 2.24. The van der Waals surface area contributed by atoms with Crippen LogP contribution in [0.5, 0.6) is 0 Å². The van der Waals surface area contributed by atoms with Crippen LogP contribution in [0.15, 0.2) is 109 Å². The molecular formula is C28H24Cl2Zr. The van der Waals surface area contributed by atoms with Crippen LogP contribution >= 0.6 is 0 Å². The SMILES string of the molecule is CC.[Cl-].[Cl-].[Zr+4].c1ccc2c(c1)[cH-]c1ccccc12.c1ccc2c(c1)[cH-]c1ccccc12. The zero-order valence-electron chi connectivity index (χ0n) is 17.6. The van der Waals surface area contributed by atoms with Gasteiger partial charge in [0.15, 0.2) is 0 Å². The molecule has 0 heterocycles. The van der Waals surface area contributed by atoms with E-state index >= 15 is 0 Å². The van der Waals surface area contributed by atoms with Gasteiger partial charge in [-0.25, -0.2) is 0 Å². The van der Waals surface area contributed by atoms with Crippen LogP contribution in [0.25, 0.3) is 43.1 Å². The number of hydrogen-bond acceptors (Lipinski definition) is 0. The first-order valence-electron chi connectivity index (χ1n) is 9.96. The van der Waals surface area contributed by atoms with E-state index in [1.807, 2.05) is 13.8 Å². The summed E-state index contributed by atoms with van der Waals surface area (Å²) in [5.74, 6) is 0. The molecule has 0 saturated heterocycles. The Bertz CT molecular complexity index is 1140. The summed E-state index contributed by atoms with van der Waals surface area (Å²) in [6, 6.07) is 38.5. The van der Waals surface area contributed by atoms with E-state index in [1.165, 1.54) is 43.1 Å². The predicted octanol–water partition coefficient (Wildman–Crippen LogP) is 2.46. The Morgan fingerprint density at radius 3 is 0.806 bits per heavy atom. The molecule has 0 N–H and O–H groups in total. The minimum absolute atomic E-state index is 0. The Morgan fingerprint density at radius 1 is 0.387 bits per heavy atom. The minimum Gasteiger partial charge on any atom is -1.00 e. The van der Waals surface area contributed by atoms with Gasteiger partial charge in [-0.1, -0.05) is 86.6 Å². The van der Waals surface area contributed by atoms with Crippen molar-refractivity contribution in [2.24, 2.45) is 0 Å². The Morgan fingerprint density at radius 2 is 0.581 bits per heavy atom. The summed E-state index contributed by atoms with van der Waals surface area (Å²) in [4.78, 5) is 0. The van der Waals surface area contributed by atoms with Crippen molar-refractivity contribution in [3.8, 4) is 0 Å². The molecule has 0 aromatic heterocycles. The summed E-state index contributed by atoms with van der Waals surface area (Å²) in [6.45, 7) is 4.00. The molecule has 0 spiro atoms. The molecule has 0 radical (unpaired) electrons. The van der Waals surface area contributed by atoms with Gasteiger partial charge in [0.2, 0.25) is 0 Å². The van der Waals surface area contributed by atoms with Crippen LogP contribution in [-0.4, -0.2) is 0 Å². The van der Waals surface area contributed by atoms with E-state index in [0.717, 1.165) is 0 Å². The average Bonchev–Trinajstić information content (AvgIpc) is 3.34. The third-order valence-corrected chi connectivity index (χ3v) is 5.05. The van der Waals surface area contributed by atoms with Gasteiger partial charge < -0.3 is 24.8 Å². The van der Waals surface area contributed by atoms with E-state index in [2.05, 4.69) is 109 Å². The molecule has 6 rings (SSSR count). The maximum Gasteiger partial charge on any atom is 4.00 e. The summed E-state index contributed by atoms with van der Waals surface area (Å²) in [5.41, 5.74) is 0. The van der Waals surface area contributed by atoms with E-state index in [-0.39, 0.29) is 51.0 Å². The molecule has 6 aromatic carbocycles. The third kappa shape index (κ3) is 5.66. The smallest absolute Gasteiger partial charge is 1.00 e.